The highest BCUT2D eigenvalue weighted by Gasteiger charge is 2.29. The Labute approximate surface area is 103 Å². The topological polar surface area (TPSA) is 90.9 Å². The van der Waals surface area contributed by atoms with Gasteiger partial charge in [0.05, 0.1) is 6.10 Å². The number of carbonyl (C=O) groups excluding carboxylic acids is 1. The zero-order chi connectivity index (χ0) is 12.5. The van der Waals surface area contributed by atoms with Gasteiger partial charge in [0.1, 0.15) is 11.0 Å². The van der Waals surface area contributed by atoms with Crippen molar-refractivity contribution in [3.8, 4) is 0 Å². The fourth-order valence-electron chi connectivity index (χ4n) is 1.93. The predicted molar refractivity (Wildman–Crippen MR) is 65.0 cm³/mol. The highest BCUT2D eigenvalue weighted by atomic mass is 16.3. The van der Waals surface area contributed by atoms with Gasteiger partial charge in [0.25, 0.3) is 5.91 Å². The Balaban J connectivity index is 1.66. The fraction of sp³-hybridized carbons (Fsp3) is 0.417. The molecule has 1 heterocycles. The number of aromatic nitrogens is 3. The maximum atomic E-state index is 11.9. The Morgan fingerprint density at radius 3 is 3.00 bits per heavy atom. The van der Waals surface area contributed by atoms with Gasteiger partial charge in [-0.05, 0) is 37.0 Å². The molecule has 0 aliphatic heterocycles. The van der Waals surface area contributed by atoms with E-state index in [1.807, 2.05) is 0 Å². The van der Waals surface area contributed by atoms with E-state index in [0.717, 1.165) is 18.4 Å². The Morgan fingerprint density at radius 1 is 1.44 bits per heavy atom. The molecule has 0 radical (unpaired) electrons. The van der Waals surface area contributed by atoms with Crippen LogP contribution in [-0.4, -0.2) is 39.1 Å². The van der Waals surface area contributed by atoms with Crippen molar-refractivity contribution in [3.05, 3.63) is 23.8 Å². The van der Waals surface area contributed by atoms with Crippen LogP contribution in [0, 0.1) is 5.92 Å². The van der Waals surface area contributed by atoms with Crippen molar-refractivity contribution in [1.29, 1.82) is 0 Å². The summed E-state index contributed by atoms with van der Waals surface area (Å²) in [5, 5.41) is 22.8. The lowest BCUT2D eigenvalue weighted by molar-refractivity contribution is 0.0901. The van der Waals surface area contributed by atoms with Gasteiger partial charge in [-0.3, -0.25) is 4.79 Å². The number of H-pyrrole nitrogens is 1. The van der Waals surface area contributed by atoms with Gasteiger partial charge in [0, 0.05) is 12.1 Å². The summed E-state index contributed by atoms with van der Waals surface area (Å²) in [5.74, 6) is 0.169. The van der Waals surface area contributed by atoms with E-state index in [4.69, 9.17) is 0 Å². The second kappa shape index (κ2) is 4.38. The second-order valence-corrected chi connectivity index (χ2v) is 4.64. The Hall–Kier alpha value is -1.95. The Kier molecular flexibility index (Phi) is 2.71. The minimum Gasteiger partial charge on any atom is -0.391 e. The molecule has 0 saturated heterocycles. The zero-order valence-electron chi connectivity index (χ0n) is 9.76. The molecule has 1 aromatic heterocycles. The summed E-state index contributed by atoms with van der Waals surface area (Å²) >= 11 is 0. The van der Waals surface area contributed by atoms with Gasteiger partial charge in [-0.1, -0.05) is 0 Å². The van der Waals surface area contributed by atoms with Crippen LogP contribution in [0.25, 0.3) is 11.0 Å². The van der Waals surface area contributed by atoms with Crippen molar-refractivity contribution in [2.45, 2.75) is 18.9 Å². The summed E-state index contributed by atoms with van der Waals surface area (Å²) in [6.45, 7) is 0.306. The third-order valence-electron chi connectivity index (χ3n) is 3.22. The van der Waals surface area contributed by atoms with E-state index >= 15 is 0 Å². The molecule has 1 fully saturated rings. The first-order valence-corrected chi connectivity index (χ1v) is 6.01. The van der Waals surface area contributed by atoms with E-state index in [0.29, 0.717) is 23.5 Å². The van der Waals surface area contributed by atoms with Gasteiger partial charge in [0.2, 0.25) is 0 Å². The molecule has 1 unspecified atom stereocenters. The van der Waals surface area contributed by atoms with Gasteiger partial charge in [-0.15, -0.1) is 0 Å². The first kappa shape index (κ1) is 11.2. The van der Waals surface area contributed by atoms with Crippen molar-refractivity contribution >= 4 is 16.9 Å². The fourth-order valence-corrected chi connectivity index (χ4v) is 1.93. The van der Waals surface area contributed by atoms with Crippen LogP contribution >= 0.6 is 0 Å². The Bertz CT molecular complexity index is 576. The number of carbonyl (C=O) groups is 1. The van der Waals surface area contributed by atoms with E-state index in [1.54, 1.807) is 18.2 Å². The third-order valence-corrected chi connectivity index (χ3v) is 3.22. The first-order chi connectivity index (χ1) is 8.74. The number of benzene rings is 1. The molecule has 1 saturated carbocycles. The number of rotatable bonds is 4. The minimum absolute atomic E-state index is 0.195. The van der Waals surface area contributed by atoms with Crippen molar-refractivity contribution in [2.75, 3.05) is 6.54 Å². The van der Waals surface area contributed by atoms with E-state index in [1.165, 1.54) is 0 Å². The lowest BCUT2D eigenvalue weighted by Crippen LogP contribution is -2.33. The van der Waals surface area contributed by atoms with Gasteiger partial charge in [-0.2, -0.15) is 15.4 Å². The quantitative estimate of drug-likeness (QED) is 0.731. The number of aliphatic hydroxyl groups is 1. The van der Waals surface area contributed by atoms with Gasteiger partial charge in [-0.25, -0.2) is 0 Å². The summed E-state index contributed by atoms with van der Waals surface area (Å²) in [7, 11) is 0. The highest BCUT2D eigenvalue weighted by Crippen LogP contribution is 2.32. The van der Waals surface area contributed by atoms with Crippen LogP contribution in [0.4, 0.5) is 0 Å². The van der Waals surface area contributed by atoms with E-state index < -0.39 is 6.10 Å². The van der Waals surface area contributed by atoms with Crippen molar-refractivity contribution in [2.24, 2.45) is 5.92 Å². The SMILES string of the molecule is O=C(NCC(O)C1CC1)c1ccc2n[nH]nc2c1. The lowest BCUT2D eigenvalue weighted by Gasteiger charge is -2.10. The molecule has 1 amide bonds. The molecule has 6 heteroatoms. The van der Waals surface area contributed by atoms with Crippen molar-refractivity contribution < 1.29 is 9.90 Å². The number of aromatic amines is 1. The summed E-state index contributed by atoms with van der Waals surface area (Å²) < 4.78 is 0. The number of fused-ring (bicyclic) bond motifs is 1. The second-order valence-electron chi connectivity index (χ2n) is 4.64. The monoisotopic (exact) mass is 246 g/mol. The molecule has 1 aromatic carbocycles. The summed E-state index contributed by atoms with van der Waals surface area (Å²) in [4.78, 5) is 11.9. The molecular formula is C12H14N4O2. The van der Waals surface area contributed by atoms with Gasteiger partial charge < -0.3 is 10.4 Å². The number of amides is 1. The Morgan fingerprint density at radius 2 is 2.22 bits per heavy atom. The molecule has 3 rings (SSSR count). The molecule has 3 N–H and O–H groups in total. The molecule has 1 atom stereocenters. The van der Waals surface area contributed by atoms with Gasteiger partial charge in [0.15, 0.2) is 0 Å². The molecule has 0 spiro atoms. The van der Waals surface area contributed by atoms with Crippen LogP contribution in [-0.2, 0) is 0 Å². The number of nitrogens with zero attached hydrogens (tertiary/aromatic N) is 2. The normalized spacial score (nSPS) is 16.7. The minimum atomic E-state index is -0.426. The number of hydrogen-bond donors (Lipinski definition) is 3. The van der Waals surface area contributed by atoms with E-state index in [-0.39, 0.29) is 5.91 Å². The highest BCUT2D eigenvalue weighted by molar-refractivity contribution is 5.97. The summed E-state index contributed by atoms with van der Waals surface area (Å²) in [5.41, 5.74) is 1.91. The van der Waals surface area contributed by atoms with Crippen LogP contribution in [0.2, 0.25) is 0 Å². The molecule has 2 aromatic rings. The number of aliphatic hydroxyl groups excluding tert-OH is 1. The molecule has 94 valence electrons. The van der Waals surface area contributed by atoms with Crippen LogP contribution in [0.5, 0.6) is 0 Å². The average Bonchev–Trinajstić information content (AvgIpc) is 3.13. The summed E-state index contributed by atoms with van der Waals surface area (Å²) in [6, 6.07) is 5.12. The maximum absolute atomic E-state index is 11.9. The average molecular weight is 246 g/mol. The van der Waals surface area contributed by atoms with Crippen molar-refractivity contribution in [1.82, 2.24) is 20.7 Å². The molecule has 1 aliphatic carbocycles. The number of nitrogens with one attached hydrogen (secondary N) is 2. The molecule has 18 heavy (non-hydrogen) atoms. The van der Waals surface area contributed by atoms with Crippen LogP contribution in [0.3, 0.4) is 0 Å². The molecular weight excluding hydrogens is 232 g/mol. The van der Waals surface area contributed by atoms with Crippen molar-refractivity contribution in [3.63, 3.8) is 0 Å². The first-order valence-electron chi connectivity index (χ1n) is 6.01. The molecule has 6 nitrogen and oxygen atoms in total. The zero-order valence-corrected chi connectivity index (χ0v) is 9.76. The smallest absolute Gasteiger partial charge is 0.251 e. The molecule has 0 bridgehead atoms. The standard InChI is InChI=1S/C12H14N4O2/c17-11(7-1-2-7)6-13-12(18)8-3-4-9-10(5-8)15-16-14-9/h3-5,7,11,17H,1-2,6H2,(H,13,18)(H,14,15,16). The summed E-state index contributed by atoms with van der Waals surface area (Å²) in [6.07, 6.45) is 1.69. The largest absolute Gasteiger partial charge is 0.391 e. The third kappa shape index (κ3) is 2.19. The van der Waals surface area contributed by atoms with E-state index in [9.17, 15) is 9.90 Å². The lowest BCUT2D eigenvalue weighted by atomic mass is 10.1. The maximum Gasteiger partial charge on any atom is 0.251 e. The van der Waals surface area contributed by atoms with Gasteiger partial charge >= 0.3 is 0 Å². The van der Waals surface area contributed by atoms with Crippen LogP contribution < -0.4 is 5.32 Å². The molecule has 1 aliphatic rings. The van der Waals surface area contributed by atoms with E-state index in [2.05, 4.69) is 20.7 Å². The predicted octanol–water partition coefficient (Wildman–Crippen LogP) is 0.459. The van der Waals surface area contributed by atoms with Crippen LogP contribution in [0.1, 0.15) is 23.2 Å². The van der Waals surface area contributed by atoms with Crippen LogP contribution in [0.15, 0.2) is 18.2 Å². The number of hydrogen-bond acceptors (Lipinski definition) is 4.